The highest BCUT2D eigenvalue weighted by Gasteiger charge is 2.14. The smallest absolute Gasteiger partial charge is 0.0369 e. The molecule has 1 aliphatic heterocycles. The predicted octanol–water partition coefficient (Wildman–Crippen LogP) is 2.64. The summed E-state index contributed by atoms with van der Waals surface area (Å²) in [5.41, 5.74) is 2.87. The van der Waals surface area contributed by atoms with Gasteiger partial charge in [0.05, 0.1) is 0 Å². The second kappa shape index (κ2) is 5.54. The Hall–Kier alpha value is -1.02. The standard InChI is InChI=1S/C15H24N2/c1-13(2)11-14-5-4-6-15(12-14)17-9-7-16(3)8-10-17/h4-6,12-13H,7-11H2,1-3H3. The average molecular weight is 232 g/mol. The summed E-state index contributed by atoms with van der Waals surface area (Å²) in [6.07, 6.45) is 1.18. The Balaban J connectivity index is 2.05. The van der Waals surface area contributed by atoms with E-state index in [1.54, 1.807) is 0 Å². The molecule has 0 saturated carbocycles. The van der Waals surface area contributed by atoms with Gasteiger partial charge in [-0.1, -0.05) is 26.0 Å². The highest BCUT2D eigenvalue weighted by molar-refractivity contribution is 5.49. The molecule has 1 fully saturated rings. The first-order chi connectivity index (χ1) is 8.15. The average Bonchev–Trinajstić information content (AvgIpc) is 2.29. The summed E-state index contributed by atoms with van der Waals surface area (Å²) in [6, 6.07) is 9.06. The molecule has 17 heavy (non-hydrogen) atoms. The van der Waals surface area contributed by atoms with Crippen LogP contribution in [0.3, 0.4) is 0 Å². The maximum atomic E-state index is 2.50. The molecule has 2 nitrogen and oxygen atoms in total. The van der Waals surface area contributed by atoms with Crippen molar-refractivity contribution in [3.63, 3.8) is 0 Å². The Morgan fingerprint density at radius 1 is 1.12 bits per heavy atom. The summed E-state index contributed by atoms with van der Waals surface area (Å²) < 4.78 is 0. The van der Waals surface area contributed by atoms with Crippen molar-refractivity contribution in [3.8, 4) is 0 Å². The molecular weight excluding hydrogens is 208 g/mol. The van der Waals surface area contributed by atoms with Gasteiger partial charge in [0.2, 0.25) is 0 Å². The summed E-state index contributed by atoms with van der Waals surface area (Å²) in [6.45, 7) is 9.22. The molecule has 0 amide bonds. The largest absolute Gasteiger partial charge is 0.369 e. The van der Waals surface area contributed by atoms with E-state index in [2.05, 4.69) is 55.0 Å². The first-order valence-corrected chi connectivity index (χ1v) is 6.67. The van der Waals surface area contributed by atoms with Crippen LogP contribution in [-0.2, 0) is 6.42 Å². The van der Waals surface area contributed by atoms with Crippen molar-refractivity contribution >= 4 is 5.69 Å². The maximum Gasteiger partial charge on any atom is 0.0369 e. The molecule has 2 rings (SSSR count). The van der Waals surface area contributed by atoms with Crippen LogP contribution in [0.4, 0.5) is 5.69 Å². The van der Waals surface area contributed by atoms with E-state index in [0.29, 0.717) is 0 Å². The van der Waals surface area contributed by atoms with Gasteiger partial charge >= 0.3 is 0 Å². The van der Waals surface area contributed by atoms with Crippen LogP contribution in [0.15, 0.2) is 24.3 Å². The van der Waals surface area contributed by atoms with Gasteiger partial charge in [-0.25, -0.2) is 0 Å². The highest BCUT2D eigenvalue weighted by atomic mass is 15.2. The molecule has 0 bridgehead atoms. The first-order valence-electron chi connectivity index (χ1n) is 6.67. The lowest BCUT2D eigenvalue weighted by atomic mass is 10.0. The lowest BCUT2D eigenvalue weighted by molar-refractivity contribution is 0.313. The van der Waals surface area contributed by atoms with Crippen molar-refractivity contribution in [1.29, 1.82) is 0 Å². The number of rotatable bonds is 3. The van der Waals surface area contributed by atoms with Crippen LogP contribution in [0.2, 0.25) is 0 Å². The minimum atomic E-state index is 0.734. The van der Waals surface area contributed by atoms with Gasteiger partial charge in [0.1, 0.15) is 0 Å². The fourth-order valence-corrected chi connectivity index (χ4v) is 2.42. The van der Waals surface area contributed by atoms with Crippen molar-refractivity contribution < 1.29 is 0 Å². The van der Waals surface area contributed by atoms with Crippen LogP contribution >= 0.6 is 0 Å². The third-order valence-electron chi connectivity index (χ3n) is 3.42. The second-order valence-corrected chi connectivity index (χ2v) is 5.56. The molecule has 0 spiro atoms. The lowest BCUT2D eigenvalue weighted by Crippen LogP contribution is -2.44. The molecule has 0 aliphatic carbocycles. The first kappa shape index (κ1) is 12.4. The molecule has 0 atom stereocenters. The second-order valence-electron chi connectivity index (χ2n) is 5.56. The number of piperazine rings is 1. The molecular formula is C15H24N2. The van der Waals surface area contributed by atoms with E-state index in [4.69, 9.17) is 0 Å². The summed E-state index contributed by atoms with van der Waals surface area (Å²) in [4.78, 5) is 4.90. The zero-order valence-corrected chi connectivity index (χ0v) is 11.3. The number of hydrogen-bond donors (Lipinski definition) is 0. The minimum absolute atomic E-state index is 0.734. The van der Waals surface area contributed by atoms with E-state index in [1.165, 1.54) is 30.8 Å². The molecule has 1 aliphatic rings. The fraction of sp³-hybridized carbons (Fsp3) is 0.600. The van der Waals surface area contributed by atoms with Crippen molar-refractivity contribution in [2.75, 3.05) is 38.1 Å². The number of hydrogen-bond acceptors (Lipinski definition) is 2. The topological polar surface area (TPSA) is 6.48 Å². The van der Waals surface area contributed by atoms with Gasteiger partial charge in [-0.2, -0.15) is 0 Å². The Labute approximate surface area is 105 Å². The van der Waals surface area contributed by atoms with Crippen molar-refractivity contribution in [2.24, 2.45) is 5.92 Å². The molecule has 1 saturated heterocycles. The zero-order valence-electron chi connectivity index (χ0n) is 11.3. The molecule has 1 aromatic carbocycles. The quantitative estimate of drug-likeness (QED) is 0.790. The molecule has 94 valence electrons. The Kier molecular flexibility index (Phi) is 4.06. The van der Waals surface area contributed by atoms with Crippen LogP contribution in [0.25, 0.3) is 0 Å². The summed E-state index contributed by atoms with van der Waals surface area (Å²) >= 11 is 0. The fourth-order valence-electron chi connectivity index (χ4n) is 2.42. The van der Waals surface area contributed by atoms with E-state index in [9.17, 15) is 0 Å². The van der Waals surface area contributed by atoms with Crippen LogP contribution in [-0.4, -0.2) is 38.1 Å². The summed E-state index contributed by atoms with van der Waals surface area (Å²) in [5, 5.41) is 0. The third-order valence-corrected chi connectivity index (χ3v) is 3.42. The summed E-state index contributed by atoms with van der Waals surface area (Å²) in [7, 11) is 2.20. The van der Waals surface area contributed by atoms with Crippen molar-refractivity contribution in [1.82, 2.24) is 4.90 Å². The number of nitrogens with zero attached hydrogens (tertiary/aromatic N) is 2. The SMILES string of the molecule is CC(C)Cc1cccc(N2CCN(C)CC2)c1. The van der Waals surface area contributed by atoms with Gasteiger partial charge in [-0.15, -0.1) is 0 Å². The molecule has 0 N–H and O–H groups in total. The van der Waals surface area contributed by atoms with E-state index in [1.807, 2.05) is 0 Å². The van der Waals surface area contributed by atoms with Crippen LogP contribution in [0.5, 0.6) is 0 Å². The Morgan fingerprint density at radius 3 is 2.47 bits per heavy atom. The normalized spacial score (nSPS) is 17.8. The Morgan fingerprint density at radius 2 is 1.82 bits per heavy atom. The van der Waals surface area contributed by atoms with E-state index in [0.717, 1.165) is 19.0 Å². The molecule has 0 radical (unpaired) electrons. The van der Waals surface area contributed by atoms with Gasteiger partial charge in [0, 0.05) is 31.9 Å². The maximum absolute atomic E-state index is 2.50. The molecule has 2 heteroatoms. The van der Waals surface area contributed by atoms with Crippen LogP contribution in [0, 0.1) is 5.92 Å². The van der Waals surface area contributed by atoms with Crippen molar-refractivity contribution in [2.45, 2.75) is 20.3 Å². The van der Waals surface area contributed by atoms with Gasteiger partial charge < -0.3 is 9.80 Å². The van der Waals surface area contributed by atoms with E-state index in [-0.39, 0.29) is 0 Å². The van der Waals surface area contributed by atoms with E-state index < -0.39 is 0 Å². The number of benzene rings is 1. The zero-order chi connectivity index (χ0) is 12.3. The third kappa shape index (κ3) is 3.47. The van der Waals surface area contributed by atoms with Crippen LogP contribution < -0.4 is 4.90 Å². The summed E-state index contributed by atoms with van der Waals surface area (Å²) in [5.74, 6) is 0.734. The van der Waals surface area contributed by atoms with Gasteiger partial charge in [0.15, 0.2) is 0 Å². The predicted molar refractivity (Wildman–Crippen MR) is 74.7 cm³/mol. The van der Waals surface area contributed by atoms with Gasteiger partial charge in [0.25, 0.3) is 0 Å². The highest BCUT2D eigenvalue weighted by Crippen LogP contribution is 2.19. The minimum Gasteiger partial charge on any atom is -0.369 e. The Bertz CT molecular complexity index is 352. The molecule has 0 aromatic heterocycles. The molecule has 1 aromatic rings. The van der Waals surface area contributed by atoms with Crippen LogP contribution in [0.1, 0.15) is 19.4 Å². The lowest BCUT2D eigenvalue weighted by Gasteiger charge is -2.34. The van der Waals surface area contributed by atoms with Crippen molar-refractivity contribution in [3.05, 3.63) is 29.8 Å². The number of anilines is 1. The molecule has 0 unspecified atom stereocenters. The van der Waals surface area contributed by atoms with Gasteiger partial charge in [-0.3, -0.25) is 0 Å². The van der Waals surface area contributed by atoms with Gasteiger partial charge in [-0.05, 0) is 37.1 Å². The monoisotopic (exact) mass is 232 g/mol. The van der Waals surface area contributed by atoms with E-state index >= 15 is 0 Å². The molecule has 1 heterocycles. The number of likely N-dealkylation sites (N-methyl/N-ethyl adjacent to an activating group) is 1.